The summed E-state index contributed by atoms with van der Waals surface area (Å²) in [6.07, 6.45) is 7.65. The summed E-state index contributed by atoms with van der Waals surface area (Å²) >= 11 is 2.90. The quantitative estimate of drug-likeness (QED) is 0.565. The lowest BCUT2D eigenvalue weighted by Crippen LogP contribution is -2.50. The van der Waals surface area contributed by atoms with Crippen LogP contribution in [0.4, 0.5) is 0 Å². The Balaban J connectivity index is 1.54. The third-order valence-corrected chi connectivity index (χ3v) is 8.34. The zero-order chi connectivity index (χ0) is 19.9. The number of carbonyl (C=O) groups is 1. The molecule has 1 saturated carbocycles. The van der Waals surface area contributed by atoms with E-state index in [0.717, 1.165) is 61.6 Å². The molecule has 0 aromatic carbocycles. The molecule has 1 fully saturated rings. The molecule has 148 valence electrons. The van der Waals surface area contributed by atoms with Gasteiger partial charge >= 0.3 is 0 Å². The maximum absolute atomic E-state index is 12.9. The predicted molar refractivity (Wildman–Crippen MR) is 112 cm³/mol. The van der Waals surface area contributed by atoms with Gasteiger partial charge in [0.2, 0.25) is 5.91 Å². The van der Waals surface area contributed by atoms with E-state index in [0.29, 0.717) is 5.16 Å². The molecule has 6 nitrogen and oxygen atoms in total. The average molecular weight is 417 g/mol. The monoisotopic (exact) mass is 416 g/mol. The number of nitriles is 1. The Kier molecular flexibility index (Phi) is 5.23. The fourth-order valence-corrected chi connectivity index (χ4v) is 6.54. The van der Waals surface area contributed by atoms with Gasteiger partial charge in [0, 0.05) is 19.0 Å². The minimum absolute atomic E-state index is 0.0199. The highest BCUT2D eigenvalue weighted by atomic mass is 32.2. The van der Waals surface area contributed by atoms with Gasteiger partial charge in [-0.3, -0.25) is 14.2 Å². The summed E-state index contributed by atoms with van der Waals surface area (Å²) in [6.45, 7) is 0. The van der Waals surface area contributed by atoms with E-state index in [1.54, 1.807) is 34.9 Å². The highest BCUT2D eigenvalue weighted by molar-refractivity contribution is 7.99. The SMILES string of the molecule is CN(C(=O)CSc1nc2sc3c(c2c(=O)n1C)CCC3)C1(C#N)CCCCC1. The number of amides is 1. The van der Waals surface area contributed by atoms with E-state index < -0.39 is 5.54 Å². The maximum atomic E-state index is 12.9. The van der Waals surface area contributed by atoms with E-state index in [-0.39, 0.29) is 17.2 Å². The van der Waals surface area contributed by atoms with E-state index >= 15 is 0 Å². The molecule has 2 aromatic rings. The summed E-state index contributed by atoms with van der Waals surface area (Å²) in [6, 6.07) is 2.39. The first-order valence-corrected chi connectivity index (χ1v) is 11.6. The molecular weight excluding hydrogens is 392 g/mol. The van der Waals surface area contributed by atoms with Crippen LogP contribution in [0.25, 0.3) is 10.2 Å². The Morgan fingerprint density at radius 3 is 2.79 bits per heavy atom. The maximum Gasteiger partial charge on any atom is 0.262 e. The summed E-state index contributed by atoms with van der Waals surface area (Å²) in [5.74, 6) is 0.0908. The van der Waals surface area contributed by atoms with Crippen LogP contribution in [0.1, 0.15) is 49.0 Å². The first kappa shape index (κ1) is 19.5. The Labute approximate surface area is 172 Å². The van der Waals surface area contributed by atoms with Gasteiger partial charge in [0.25, 0.3) is 5.56 Å². The first-order valence-electron chi connectivity index (χ1n) is 9.79. The van der Waals surface area contributed by atoms with Gasteiger partial charge in [0.05, 0.1) is 17.2 Å². The number of hydrogen-bond acceptors (Lipinski definition) is 6. The number of thioether (sulfide) groups is 1. The Morgan fingerprint density at radius 2 is 2.07 bits per heavy atom. The fourth-order valence-electron chi connectivity index (χ4n) is 4.36. The number of fused-ring (bicyclic) bond motifs is 3. The lowest BCUT2D eigenvalue weighted by molar-refractivity contribution is -0.131. The lowest BCUT2D eigenvalue weighted by atomic mass is 9.81. The zero-order valence-corrected chi connectivity index (χ0v) is 17.9. The number of nitrogens with zero attached hydrogens (tertiary/aromatic N) is 4. The van der Waals surface area contributed by atoms with E-state index in [4.69, 9.17) is 0 Å². The van der Waals surface area contributed by atoms with Crippen molar-refractivity contribution in [3.63, 3.8) is 0 Å². The number of hydrogen-bond donors (Lipinski definition) is 0. The van der Waals surface area contributed by atoms with Crippen molar-refractivity contribution in [3.8, 4) is 6.07 Å². The van der Waals surface area contributed by atoms with Gasteiger partial charge in [-0.1, -0.05) is 31.0 Å². The number of carbonyl (C=O) groups excluding carboxylic acids is 1. The van der Waals surface area contributed by atoms with Gasteiger partial charge in [-0.25, -0.2) is 4.98 Å². The summed E-state index contributed by atoms with van der Waals surface area (Å²) in [5, 5.41) is 11.0. The highest BCUT2D eigenvalue weighted by Crippen LogP contribution is 2.36. The van der Waals surface area contributed by atoms with Crippen LogP contribution in [0.5, 0.6) is 0 Å². The van der Waals surface area contributed by atoms with Crippen LogP contribution in [0.2, 0.25) is 0 Å². The van der Waals surface area contributed by atoms with Crippen molar-refractivity contribution in [2.24, 2.45) is 7.05 Å². The van der Waals surface area contributed by atoms with Crippen molar-refractivity contribution >= 4 is 39.2 Å². The number of aryl methyl sites for hydroxylation is 2. The van der Waals surface area contributed by atoms with Crippen molar-refractivity contribution in [2.45, 2.75) is 62.1 Å². The van der Waals surface area contributed by atoms with Crippen LogP contribution in [0.3, 0.4) is 0 Å². The summed E-state index contributed by atoms with van der Waals surface area (Å²) in [7, 11) is 3.46. The molecule has 0 radical (unpaired) electrons. The van der Waals surface area contributed by atoms with Gasteiger partial charge < -0.3 is 4.90 Å². The minimum Gasteiger partial charge on any atom is -0.326 e. The standard InChI is InChI=1S/C20H24N4O2S2/c1-23-18(26)16-13-7-6-8-14(13)28-17(16)22-19(23)27-11-15(25)24(2)20(12-21)9-4-3-5-10-20/h3-11H2,1-2H3. The van der Waals surface area contributed by atoms with Crippen molar-refractivity contribution in [1.82, 2.24) is 14.5 Å². The van der Waals surface area contributed by atoms with Gasteiger partial charge in [-0.15, -0.1) is 11.3 Å². The Hall–Kier alpha value is -1.85. The largest absolute Gasteiger partial charge is 0.326 e. The fraction of sp³-hybridized carbons (Fsp3) is 0.600. The molecule has 2 aliphatic rings. The molecule has 4 rings (SSSR count). The van der Waals surface area contributed by atoms with Crippen LogP contribution in [-0.2, 0) is 24.7 Å². The Morgan fingerprint density at radius 1 is 1.32 bits per heavy atom. The number of rotatable bonds is 4. The second-order valence-corrected chi connectivity index (χ2v) is 9.77. The van der Waals surface area contributed by atoms with Crippen LogP contribution in [0, 0.1) is 11.3 Å². The van der Waals surface area contributed by atoms with E-state index in [1.807, 2.05) is 0 Å². The van der Waals surface area contributed by atoms with Gasteiger partial charge in [0.1, 0.15) is 10.4 Å². The molecule has 0 N–H and O–H groups in total. The molecule has 2 aromatic heterocycles. The minimum atomic E-state index is -0.687. The van der Waals surface area contributed by atoms with Gasteiger partial charge in [0.15, 0.2) is 5.16 Å². The Bertz CT molecular complexity index is 1030. The van der Waals surface area contributed by atoms with E-state index in [2.05, 4.69) is 11.1 Å². The summed E-state index contributed by atoms with van der Waals surface area (Å²) in [5.41, 5.74) is 0.468. The third kappa shape index (κ3) is 3.15. The molecule has 0 unspecified atom stereocenters. The van der Waals surface area contributed by atoms with Crippen molar-refractivity contribution in [1.29, 1.82) is 5.26 Å². The zero-order valence-electron chi connectivity index (χ0n) is 16.3. The molecule has 2 heterocycles. The smallest absolute Gasteiger partial charge is 0.262 e. The van der Waals surface area contributed by atoms with Crippen LogP contribution in [-0.4, -0.2) is 38.7 Å². The molecule has 1 amide bonds. The highest BCUT2D eigenvalue weighted by Gasteiger charge is 2.38. The second kappa shape index (κ2) is 7.53. The molecule has 2 aliphatic carbocycles. The first-order chi connectivity index (χ1) is 13.5. The van der Waals surface area contributed by atoms with E-state index in [1.165, 1.54) is 22.2 Å². The molecule has 0 saturated heterocycles. The van der Waals surface area contributed by atoms with Crippen molar-refractivity contribution in [3.05, 3.63) is 20.8 Å². The summed E-state index contributed by atoms with van der Waals surface area (Å²) in [4.78, 5) is 34.0. The van der Waals surface area contributed by atoms with Gasteiger partial charge in [-0.05, 0) is 37.7 Å². The average Bonchev–Trinajstić information content (AvgIpc) is 3.30. The van der Waals surface area contributed by atoms with Crippen LogP contribution in [0.15, 0.2) is 9.95 Å². The molecule has 28 heavy (non-hydrogen) atoms. The second-order valence-electron chi connectivity index (χ2n) is 7.74. The molecule has 0 spiro atoms. The molecule has 0 aliphatic heterocycles. The normalized spacial score (nSPS) is 18.0. The van der Waals surface area contributed by atoms with Crippen LogP contribution >= 0.6 is 23.1 Å². The molecule has 8 heteroatoms. The molecule has 0 atom stereocenters. The number of aromatic nitrogens is 2. The summed E-state index contributed by atoms with van der Waals surface area (Å²) < 4.78 is 1.56. The van der Waals surface area contributed by atoms with E-state index in [9.17, 15) is 14.9 Å². The van der Waals surface area contributed by atoms with Crippen molar-refractivity contribution in [2.75, 3.05) is 12.8 Å². The molecular formula is C20H24N4O2S2. The molecule has 0 bridgehead atoms. The van der Waals surface area contributed by atoms with Crippen molar-refractivity contribution < 1.29 is 4.79 Å². The lowest BCUT2D eigenvalue weighted by Gasteiger charge is -2.39. The van der Waals surface area contributed by atoms with Gasteiger partial charge in [-0.2, -0.15) is 5.26 Å². The van der Waals surface area contributed by atoms with Crippen LogP contribution < -0.4 is 5.56 Å². The third-order valence-electron chi connectivity index (χ3n) is 6.14. The predicted octanol–water partition coefficient (Wildman–Crippen LogP) is 3.26. The number of thiophene rings is 1. The topological polar surface area (TPSA) is 79.0 Å².